The highest BCUT2D eigenvalue weighted by atomic mass is 32.2. The van der Waals surface area contributed by atoms with Crippen molar-refractivity contribution < 1.29 is 19.2 Å². The third-order valence-electron chi connectivity index (χ3n) is 7.02. The molecule has 1 unspecified atom stereocenters. The van der Waals surface area contributed by atoms with Gasteiger partial charge in [-0.2, -0.15) is 0 Å². The quantitative estimate of drug-likeness (QED) is 0.316. The predicted molar refractivity (Wildman–Crippen MR) is 137 cm³/mol. The molecule has 2 N–H and O–H groups in total. The number of carboxylic acid groups (broad SMARTS) is 1. The number of carboxylic acids is 1. The first-order chi connectivity index (χ1) is 16.3. The number of carbonyl (C=O) groups excluding carboxylic acids is 1. The van der Waals surface area contributed by atoms with E-state index in [1.165, 1.54) is 38.5 Å². The average molecular weight is 490 g/mol. The molecular formula is C26H39N3O4S. The second kappa shape index (κ2) is 12.7. The van der Waals surface area contributed by atoms with Crippen molar-refractivity contribution in [1.82, 2.24) is 9.62 Å². The molecule has 2 aliphatic rings. The van der Waals surface area contributed by atoms with E-state index < -0.39 is 22.9 Å². The molecule has 2 heterocycles. The summed E-state index contributed by atoms with van der Waals surface area (Å²) in [7, 11) is 0. The molecule has 8 heteroatoms. The van der Waals surface area contributed by atoms with Crippen molar-refractivity contribution in [2.75, 3.05) is 18.8 Å². The number of carbonyl (C=O) groups is 2. The lowest BCUT2D eigenvalue weighted by atomic mass is 9.89. The van der Waals surface area contributed by atoms with Gasteiger partial charge in [0.25, 0.3) is 5.91 Å². The number of aliphatic imine (C=N–C) groups is 1. The van der Waals surface area contributed by atoms with Gasteiger partial charge in [-0.15, -0.1) is 4.31 Å². The number of nitrogens with zero attached hydrogens (tertiary/aromatic N) is 2. The van der Waals surface area contributed by atoms with Crippen LogP contribution in [0.3, 0.4) is 0 Å². The fraction of sp³-hybridized carbons (Fsp3) is 0.654. The van der Waals surface area contributed by atoms with E-state index in [9.17, 15) is 14.1 Å². The van der Waals surface area contributed by atoms with E-state index >= 15 is 0 Å². The second-order valence-electron chi connectivity index (χ2n) is 9.57. The topological polar surface area (TPSA) is 105 Å². The summed E-state index contributed by atoms with van der Waals surface area (Å²) < 4.78 is 14.8. The molecule has 0 radical (unpaired) electrons. The number of amides is 1. The number of piperidine rings is 1. The molecule has 188 valence electrons. The minimum absolute atomic E-state index is 0.00465. The van der Waals surface area contributed by atoms with E-state index in [1.807, 2.05) is 17.3 Å². The van der Waals surface area contributed by atoms with Crippen molar-refractivity contribution in [1.29, 1.82) is 0 Å². The molecule has 0 saturated carbocycles. The Morgan fingerprint density at radius 3 is 2.47 bits per heavy atom. The number of hydrogen-bond donors (Lipinski definition) is 2. The lowest BCUT2D eigenvalue weighted by Gasteiger charge is -2.35. The number of benzene rings is 1. The van der Waals surface area contributed by atoms with Gasteiger partial charge in [0.1, 0.15) is 17.1 Å². The normalized spacial score (nSPS) is 18.7. The molecule has 0 aromatic heterocycles. The molecule has 3 rings (SSSR count). The summed E-state index contributed by atoms with van der Waals surface area (Å²) in [5.41, 5.74) is 1.51. The van der Waals surface area contributed by atoms with Crippen LogP contribution < -0.4 is 5.32 Å². The lowest BCUT2D eigenvalue weighted by Crippen LogP contribution is -2.50. The maximum absolute atomic E-state index is 12.9. The Labute approximate surface area is 206 Å². The fourth-order valence-corrected chi connectivity index (χ4v) is 6.03. The van der Waals surface area contributed by atoms with E-state index in [0.717, 1.165) is 29.8 Å². The van der Waals surface area contributed by atoms with Crippen LogP contribution in [0.25, 0.3) is 0 Å². The molecule has 1 saturated heterocycles. The number of nitrogens with one attached hydrogen (secondary N) is 1. The zero-order chi connectivity index (χ0) is 24.6. The van der Waals surface area contributed by atoms with E-state index in [2.05, 4.69) is 12.2 Å². The van der Waals surface area contributed by atoms with Crippen LogP contribution in [0.15, 0.2) is 23.2 Å². The van der Waals surface area contributed by atoms with Gasteiger partial charge in [-0.05, 0) is 49.4 Å². The van der Waals surface area contributed by atoms with Crippen molar-refractivity contribution in [3.05, 3.63) is 34.9 Å². The number of amidine groups is 1. The molecule has 1 spiro atoms. The van der Waals surface area contributed by atoms with E-state index in [1.54, 1.807) is 12.1 Å². The van der Waals surface area contributed by atoms with Crippen LogP contribution in [0.1, 0.15) is 92.6 Å². The minimum atomic E-state index is -1.14. The SMILES string of the molecule is CCCCCCCCCC1=NC2(CCN([S+]([O-])CCc3ccc(C(=O)O)cc3C)CC2)C(=O)N1. The number of rotatable bonds is 13. The number of aryl methyl sites for hydroxylation is 2. The van der Waals surface area contributed by atoms with Gasteiger partial charge in [0.05, 0.1) is 5.56 Å². The van der Waals surface area contributed by atoms with Crippen molar-refractivity contribution >= 4 is 29.1 Å². The predicted octanol–water partition coefficient (Wildman–Crippen LogP) is 4.40. The highest BCUT2D eigenvalue weighted by Crippen LogP contribution is 2.32. The molecule has 2 aliphatic heterocycles. The minimum Gasteiger partial charge on any atom is -0.598 e. The van der Waals surface area contributed by atoms with Crippen LogP contribution in [0.4, 0.5) is 0 Å². The fourth-order valence-electron chi connectivity index (χ4n) is 4.79. The number of unbranched alkanes of at least 4 members (excludes halogenated alkanes) is 6. The number of hydrogen-bond acceptors (Lipinski definition) is 5. The maximum Gasteiger partial charge on any atom is 0.335 e. The highest BCUT2D eigenvalue weighted by molar-refractivity contribution is 7.89. The Hall–Kier alpha value is -1.90. The van der Waals surface area contributed by atoms with Crippen molar-refractivity contribution in [2.24, 2.45) is 4.99 Å². The Balaban J connectivity index is 1.42. The van der Waals surface area contributed by atoms with Crippen molar-refractivity contribution in [3.8, 4) is 0 Å². The first-order valence-corrected chi connectivity index (χ1v) is 14.0. The van der Waals surface area contributed by atoms with Crippen LogP contribution >= 0.6 is 0 Å². The zero-order valence-corrected chi connectivity index (χ0v) is 21.4. The van der Waals surface area contributed by atoms with Crippen LogP contribution in [-0.2, 0) is 22.6 Å². The molecule has 34 heavy (non-hydrogen) atoms. The van der Waals surface area contributed by atoms with Crippen LogP contribution in [0.2, 0.25) is 0 Å². The molecule has 1 atom stereocenters. The van der Waals surface area contributed by atoms with Crippen LogP contribution in [0.5, 0.6) is 0 Å². The Kier molecular flexibility index (Phi) is 9.97. The van der Waals surface area contributed by atoms with Crippen molar-refractivity contribution in [3.63, 3.8) is 0 Å². The second-order valence-corrected chi connectivity index (χ2v) is 11.1. The molecule has 0 bridgehead atoms. The first kappa shape index (κ1) is 26.7. The Bertz CT molecular complexity index is 881. The van der Waals surface area contributed by atoms with Gasteiger partial charge < -0.3 is 15.0 Å². The highest BCUT2D eigenvalue weighted by Gasteiger charge is 2.47. The van der Waals surface area contributed by atoms with E-state index in [4.69, 9.17) is 10.1 Å². The Morgan fingerprint density at radius 2 is 1.82 bits per heavy atom. The van der Waals surface area contributed by atoms with Crippen molar-refractivity contribution in [2.45, 2.75) is 90.0 Å². The summed E-state index contributed by atoms with van der Waals surface area (Å²) in [5.74, 6) is 0.377. The number of aromatic carboxylic acids is 1. The standard InChI is InChI=1S/C26H39N3O4S/c1-3-4-5-6-7-8-9-10-23-27-25(32)26(28-23)14-16-29(17-15-26)34(33)18-13-21-11-12-22(24(30)31)19-20(21)2/h11-12,19H,3-10,13-18H2,1-2H3,(H,30,31)(H,27,28,32). The van der Waals surface area contributed by atoms with Gasteiger partial charge in [0.15, 0.2) is 0 Å². The van der Waals surface area contributed by atoms with Gasteiger partial charge >= 0.3 is 5.97 Å². The molecule has 1 amide bonds. The van der Waals surface area contributed by atoms with Gasteiger partial charge in [0.2, 0.25) is 0 Å². The summed E-state index contributed by atoms with van der Waals surface area (Å²) in [6.45, 7) is 5.29. The molecular weight excluding hydrogens is 450 g/mol. The molecule has 7 nitrogen and oxygen atoms in total. The smallest absolute Gasteiger partial charge is 0.335 e. The van der Waals surface area contributed by atoms with Gasteiger partial charge in [-0.1, -0.05) is 51.5 Å². The third kappa shape index (κ3) is 7.06. The Morgan fingerprint density at radius 1 is 1.15 bits per heavy atom. The summed E-state index contributed by atoms with van der Waals surface area (Å²) >= 11 is -1.14. The van der Waals surface area contributed by atoms with Crippen LogP contribution in [-0.4, -0.2) is 56.1 Å². The van der Waals surface area contributed by atoms with Crippen LogP contribution in [0, 0.1) is 6.92 Å². The van der Waals surface area contributed by atoms with E-state index in [-0.39, 0.29) is 11.5 Å². The molecule has 0 aliphatic carbocycles. The lowest BCUT2D eigenvalue weighted by molar-refractivity contribution is -0.124. The monoisotopic (exact) mass is 489 g/mol. The van der Waals surface area contributed by atoms with E-state index in [0.29, 0.717) is 38.1 Å². The summed E-state index contributed by atoms with van der Waals surface area (Å²) in [6.07, 6.45) is 11.3. The summed E-state index contributed by atoms with van der Waals surface area (Å²) in [4.78, 5) is 28.6. The largest absolute Gasteiger partial charge is 0.598 e. The average Bonchev–Trinajstić information content (AvgIpc) is 3.12. The molecule has 1 aromatic rings. The first-order valence-electron chi connectivity index (χ1n) is 12.7. The van der Waals surface area contributed by atoms with Gasteiger partial charge in [-0.25, -0.2) is 4.79 Å². The molecule has 1 fully saturated rings. The summed E-state index contributed by atoms with van der Waals surface area (Å²) in [6, 6.07) is 5.07. The molecule has 1 aromatic carbocycles. The van der Waals surface area contributed by atoms with Gasteiger partial charge in [0, 0.05) is 37.3 Å². The summed E-state index contributed by atoms with van der Waals surface area (Å²) in [5, 5.41) is 12.1. The zero-order valence-electron chi connectivity index (χ0n) is 20.6. The third-order valence-corrected chi connectivity index (χ3v) is 8.51. The van der Waals surface area contributed by atoms with Gasteiger partial charge in [-0.3, -0.25) is 9.79 Å². The maximum atomic E-state index is 12.9.